The van der Waals surface area contributed by atoms with Crippen molar-refractivity contribution >= 4 is 11.4 Å². The van der Waals surface area contributed by atoms with Gasteiger partial charge in [0.15, 0.2) is 5.78 Å². The van der Waals surface area contributed by atoms with E-state index in [4.69, 9.17) is 4.74 Å². The molecular formula is C29H32O2. The fourth-order valence-corrected chi connectivity index (χ4v) is 4.94. The second kappa shape index (κ2) is 8.70. The van der Waals surface area contributed by atoms with Crippen molar-refractivity contribution in [2.24, 2.45) is 5.92 Å². The molecule has 2 aromatic carbocycles. The first-order chi connectivity index (χ1) is 15.0. The summed E-state index contributed by atoms with van der Waals surface area (Å²) in [6, 6.07) is 12.5. The van der Waals surface area contributed by atoms with Crippen molar-refractivity contribution in [1.82, 2.24) is 0 Å². The Morgan fingerprint density at radius 1 is 0.935 bits per heavy atom. The summed E-state index contributed by atoms with van der Waals surface area (Å²) < 4.78 is 6.53. The SMILES string of the molecule is CCC1=CC2=C(c3ccccc3C(C)=O)c3cc(CC)c(CC)cc3OC2=CC1CC. The predicted octanol–water partition coefficient (Wildman–Crippen LogP) is 7.47. The Hall–Kier alpha value is -2.87. The quantitative estimate of drug-likeness (QED) is 0.460. The molecule has 4 rings (SSSR count). The van der Waals surface area contributed by atoms with Crippen LogP contribution < -0.4 is 4.74 Å². The topological polar surface area (TPSA) is 26.3 Å². The molecule has 2 heteroatoms. The predicted molar refractivity (Wildman–Crippen MR) is 129 cm³/mol. The molecule has 2 aliphatic rings. The number of allylic oxidation sites excluding steroid dienone is 3. The summed E-state index contributed by atoms with van der Waals surface area (Å²) in [7, 11) is 0. The largest absolute Gasteiger partial charge is 0.456 e. The highest BCUT2D eigenvalue weighted by Gasteiger charge is 2.31. The standard InChI is InChI=1S/C29H32O2/c1-6-19-14-25-27(16-21(19)8-3)31-28-17-22(9-4)20(7-2)15-26(28)29(25)24-13-11-10-12-23(24)18(5)30/h10-17,21H,6-9H2,1-5H3. The van der Waals surface area contributed by atoms with Crippen LogP contribution in [0.4, 0.5) is 0 Å². The highest BCUT2D eigenvalue weighted by atomic mass is 16.5. The maximum Gasteiger partial charge on any atom is 0.160 e. The van der Waals surface area contributed by atoms with Gasteiger partial charge < -0.3 is 4.74 Å². The van der Waals surface area contributed by atoms with Crippen molar-refractivity contribution in [2.45, 2.75) is 60.3 Å². The minimum atomic E-state index is 0.0881. The van der Waals surface area contributed by atoms with Crippen molar-refractivity contribution in [3.8, 4) is 5.75 Å². The molecule has 160 valence electrons. The van der Waals surface area contributed by atoms with Gasteiger partial charge >= 0.3 is 0 Å². The Kier molecular flexibility index (Phi) is 6.00. The third-order valence-electron chi connectivity index (χ3n) is 6.67. The lowest BCUT2D eigenvalue weighted by Gasteiger charge is -2.31. The normalized spacial score (nSPS) is 17.4. The van der Waals surface area contributed by atoms with Gasteiger partial charge in [0.25, 0.3) is 0 Å². The van der Waals surface area contributed by atoms with E-state index in [1.54, 1.807) is 6.92 Å². The molecule has 0 saturated heterocycles. The molecular weight excluding hydrogens is 380 g/mol. The summed E-state index contributed by atoms with van der Waals surface area (Å²) in [4.78, 5) is 12.5. The number of hydrogen-bond donors (Lipinski definition) is 0. The van der Waals surface area contributed by atoms with E-state index in [-0.39, 0.29) is 5.78 Å². The molecule has 0 N–H and O–H groups in total. The number of carbonyl (C=O) groups is 1. The van der Waals surface area contributed by atoms with Gasteiger partial charge in [-0.25, -0.2) is 0 Å². The fraction of sp³-hybridized carbons (Fsp3) is 0.345. The number of hydrogen-bond acceptors (Lipinski definition) is 2. The van der Waals surface area contributed by atoms with Gasteiger partial charge in [-0.3, -0.25) is 4.79 Å². The molecule has 2 nitrogen and oxygen atoms in total. The molecule has 0 radical (unpaired) electrons. The van der Waals surface area contributed by atoms with Gasteiger partial charge in [-0.2, -0.15) is 0 Å². The first-order valence-corrected chi connectivity index (χ1v) is 11.6. The second-order valence-electron chi connectivity index (χ2n) is 8.44. The van der Waals surface area contributed by atoms with Crippen LogP contribution in [0.2, 0.25) is 0 Å². The summed E-state index contributed by atoms with van der Waals surface area (Å²) >= 11 is 0. The zero-order valence-electron chi connectivity index (χ0n) is 19.3. The lowest BCUT2D eigenvalue weighted by Crippen LogP contribution is -2.18. The number of benzene rings is 2. The maximum absolute atomic E-state index is 12.5. The van der Waals surface area contributed by atoms with E-state index in [0.29, 0.717) is 5.92 Å². The molecule has 1 atom stereocenters. The molecule has 1 aliphatic carbocycles. The Labute approximate surface area is 186 Å². The van der Waals surface area contributed by atoms with E-state index in [1.807, 2.05) is 18.2 Å². The Balaban J connectivity index is 2.08. The van der Waals surface area contributed by atoms with E-state index < -0.39 is 0 Å². The Morgan fingerprint density at radius 3 is 2.29 bits per heavy atom. The fourth-order valence-electron chi connectivity index (χ4n) is 4.94. The molecule has 2 aromatic rings. The first kappa shape index (κ1) is 21.4. The molecule has 0 bridgehead atoms. The van der Waals surface area contributed by atoms with Gasteiger partial charge in [0.1, 0.15) is 11.5 Å². The van der Waals surface area contributed by atoms with Crippen molar-refractivity contribution in [3.63, 3.8) is 0 Å². The van der Waals surface area contributed by atoms with Crippen LogP contribution in [0, 0.1) is 5.92 Å². The highest BCUT2D eigenvalue weighted by Crippen LogP contribution is 2.47. The summed E-state index contributed by atoms with van der Waals surface area (Å²) in [5.74, 6) is 2.32. The van der Waals surface area contributed by atoms with E-state index in [9.17, 15) is 4.79 Å². The lowest BCUT2D eigenvalue weighted by atomic mass is 9.79. The van der Waals surface area contributed by atoms with Crippen molar-refractivity contribution in [3.05, 3.63) is 93.3 Å². The van der Waals surface area contributed by atoms with Gasteiger partial charge in [-0.15, -0.1) is 0 Å². The zero-order valence-corrected chi connectivity index (χ0v) is 19.3. The van der Waals surface area contributed by atoms with Gasteiger partial charge in [-0.1, -0.05) is 63.6 Å². The van der Waals surface area contributed by atoms with E-state index in [2.05, 4.69) is 58.0 Å². The molecule has 1 unspecified atom stereocenters. The summed E-state index contributed by atoms with van der Waals surface area (Å²) in [6.45, 7) is 10.5. The van der Waals surface area contributed by atoms with E-state index in [1.165, 1.54) is 16.7 Å². The van der Waals surface area contributed by atoms with E-state index >= 15 is 0 Å². The van der Waals surface area contributed by atoms with Gasteiger partial charge in [0.05, 0.1) is 0 Å². The number of ketones is 1. The molecule has 1 heterocycles. The number of Topliss-reactive ketones (excluding diaryl/α,β-unsaturated/α-hetero) is 1. The van der Waals surface area contributed by atoms with Gasteiger partial charge in [-0.05, 0) is 67.5 Å². The van der Waals surface area contributed by atoms with Crippen LogP contribution in [0.5, 0.6) is 5.75 Å². The van der Waals surface area contributed by atoms with Crippen LogP contribution in [-0.4, -0.2) is 5.78 Å². The van der Waals surface area contributed by atoms with Crippen LogP contribution in [0.3, 0.4) is 0 Å². The van der Waals surface area contributed by atoms with Crippen LogP contribution >= 0.6 is 0 Å². The second-order valence-corrected chi connectivity index (χ2v) is 8.44. The minimum absolute atomic E-state index is 0.0881. The molecule has 0 saturated carbocycles. The van der Waals surface area contributed by atoms with Crippen molar-refractivity contribution in [2.75, 3.05) is 0 Å². The molecule has 0 amide bonds. The lowest BCUT2D eigenvalue weighted by molar-refractivity contribution is 0.101. The smallest absolute Gasteiger partial charge is 0.160 e. The minimum Gasteiger partial charge on any atom is -0.456 e. The number of fused-ring (bicyclic) bond motifs is 2. The average Bonchev–Trinajstić information content (AvgIpc) is 2.80. The van der Waals surface area contributed by atoms with Crippen LogP contribution in [0.1, 0.15) is 80.1 Å². The van der Waals surface area contributed by atoms with Crippen molar-refractivity contribution < 1.29 is 9.53 Å². The zero-order chi connectivity index (χ0) is 22.1. The van der Waals surface area contributed by atoms with Crippen LogP contribution in [-0.2, 0) is 12.8 Å². The highest BCUT2D eigenvalue weighted by molar-refractivity contribution is 6.03. The number of ether oxygens (including phenoxy) is 1. The molecule has 1 aliphatic heterocycles. The summed E-state index contributed by atoms with van der Waals surface area (Å²) in [5.41, 5.74) is 9.18. The van der Waals surface area contributed by atoms with Gasteiger partial charge in [0, 0.05) is 28.2 Å². The van der Waals surface area contributed by atoms with Crippen LogP contribution in [0.25, 0.3) is 5.57 Å². The molecule has 0 fully saturated rings. The molecule has 31 heavy (non-hydrogen) atoms. The monoisotopic (exact) mass is 412 g/mol. The van der Waals surface area contributed by atoms with E-state index in [0.717, 1.165) is 65.0 Å². The number of carbonyl (C=O) groups excluding carboxylic acids is 1. The number of rotatable bonds is 6. The van der Waals surface area contributed by atoms with Crippen LogP contribution in [0.15, 0.2) is 65.5 Å². The third kappa shape index (κ3) is 3.69. The molecule has 0 aromatic heterocycles. The number of aryl methyl sites for hydroxylation is 2. The Bertz CT molecular complexity index is 1130. The Morgan fingerprint density at radius 2 is 1.65 bits per heavy atom. The summed E-state index contributed by atoms with van der Waals surface area (Å²) in [6.07, 6.45) is 8.62. The van der Waals surface area contributed by atoms with Crippen molar-refractivity contribution in [1.29, 1.82) is 0 Å². The first-order valence-electron chi connectivity index (χ1n) is 11.6. The maximum atomic E-state index is 12.5. The molecule has 0 spiro atoms. The average molecular weight is 413 g/mol. The summed E-state index contributed by atoms with van der Waals surface area (Å²) in [5, 5.41) is 0. The third-order valence-corrected chi connectivity index (χ3v) is 6.67. The van der Waals surface area contributed by atoms with Gasteiger partial charge in [0.2, 0.25) is 0 Å².